The summed E-state index contributed by atoms with van der Waals surface area (Å²) in [5.74, 6) is -0.516. The molecule has 1 aliphatic carbocycles. The fraction of sp³-hybridized carbons (Fsp3) is 0.556. The van der Waals surface area contributed by atoms with E-state index in [1.54, 1.807) is 37.2 Å². The Morgan fingerprint density at radius 3 is 2.42 bits per heavy atom. The lowest BCUT2D eigenvalue weighted by Crippen LogP contribution is -2.40. The van der Waals surface area contributed by atoms with Gasteiger partial charge in [-0.3, -0.25) is 14.5 Å². The van der Waals surface area contributed by atoms with Crippen molar-refractivity contribution in [1.82, 2.24) is 10.2 Å². The van der Waals surface area contributed by atoms with Gasteiger partial charge in [0.1, 0.15) is 11.9 Å². The third-order valence-electron chi connectivity index (χ3n) is 4.78. The van der Waals surface area contributed by atoms with Gasteiger partial charge >= 0.3 is 0 Å². The standard InChI is InChI=1S/C18H26FN3O2/c1-22(2)16(14-5-3-4-6-15(14)19)18(24)21-11-12-7-9-13(10-8-12)17(20)23/h3-6,12-13,16H,7-11H2,1-2H3,(H2,20,23)(H,21,24)/t12?,13?,16-/m1/s1. The number of primary amides is 1. The lowest BCUT2D eigenvalue weighted by atomic mass is 9.81. The molecule has 3 N–H and O–H groups in total. The van der Waals surface area contributed by atoms with Gasteiger partial charge in [0.2, 0.25) is 11.8 Å². The topological polar surface area (TPSA) is 75.4 Å². The second kappa shape index (κ2) is 8.24. The first-order valence-corrected chi connectivity index (χ1v) is 8.38. The normalized spacial score (nSPS) is 22.2. The molecule has 2 amide bonds. The van der Waals surface area contributed by atoms with Crippen LogP contribution in [0.1, 0.15) is 37.3 Å². The molecule has 0 spiro atoms. The van der Waals surface area contributed by atoms with E-state index in [9.17, 15) is 14.0 Å². The maximum absolute atomic E-state index is 14.0. The van der Waals surface area contributed by atoms with E-state index in [0.717, 1.165) is 25.7 Å². The minimum Gasteiger partial charge on any atom is -0.369 e. The molecule has 6 heteroatoms. The molecule has 0 heterocycles. The summed E-state index contributed by atoms with van der Waals surface area (Å²) in [6.45, 7) is 0.545. The first-order chi connectivity index (χ1) is 11.4. The van der Waals surface area contributed by atoms with E-state index >= 15 is 0 Å². The van der Waals surface area contributed by atoms with Gasteiger partial charge in [0.25, 0.3) is 0 Å². The largest absolute Gasteiger partial charge is 0.369 e. The molecular weight excluding hydrogens is 309 g/mol. The Morgan fingerprint density at radius 2 is 1.88 bits per heavy atom. The van der Waals surface area contributed by atoms with E-state index in [-0.39, 0.29) is 23.5 Å². The minimum atomic E-state index is -0.659. The molecule has 1 aromatic carbocycles. The third-order valence-corrected chi connectivity index (χ3v) is 4.78. The van der Waals surface area contributed by atoms with Crippen molar-refractivity contribution in [2.75, 3.05) is 20.6 Å². The summed E-state index contributed by atoms with van der Waals surface area (Å²) in [6.07, 6.45) is 3.31. The van der Waals surface area contributed by atoms with E-state index in [0.29, 0.717) is 18.0 Å². The number of likely N-dealkylation sites (N-methyl/N-ethyl adjacent to an activating group) is 1. The minimum absolute atomic E-state index is 0.0371. The van der Waals surface area contributed by atoms with Crippen molar-refractivity contribution < 1.29 is 14.0 Å². The predicted octanol–water partition coefficient (Wildman–Crippen LogP) is 1.84. The molecular formula is C18H26FN3O2. The molecule has 1 aliphatic rings. The number of nitrogens with two attached hydrogens (primary N) is 1. The van der Waals surface area contributed by atoms with Gasteiger partial charge in [0.15, 0.2) is 0 Å². The number of carbonyl (C=O) groups is 2. The first kappa shape index (κ1) is 18.4. The summed E-state index contributed by atoms with van der Waals surface area (Å²) in [5, 5.41) is 2.94. The van der Waals surface area contributed by atoms with Crippen LogP contribution >= 0.6 is 0 Å². The van der Waals surface area contributed by atoms with Gasteiger partial charge in [-0.15, -0.1) is 0 Å². The Labute approximate surface area is 142 Å². The maximum Gasteiger partial charge on any atom is 0.242 e. The van der Waals surface area contributed by atoms with Crippen LogP contribution in [0.5, 0.6) is 0 Å². The number of nitrogens with zero attached hydrogens (tertiary/aromatic N) is 1. The van der Waals surface area contributed by atoms with E-state index in [1.807, 2.05) is 0 Å². The zero-order valence-electron chi connectivity index (χ0n) is 14.3. The Kier molecular flexibility index (Phi) is 6.31. The van der Waals surface area contributed by atoms with Gasteiger partial charge < -0.3 is 11.1 Å². The highest BCUT2D eigenvalue weighted by molar-refractivity contribution is 5.83. The van der Waals surface area contributed by atoms with Crippen molar-refractivity contribution in [2.24, 2.45) is 17.6 Å². The highest BCUT2D eigenvalue weighted by Gasteiger charge is 2.28. The number of nitrogens with one attached hydrogen (secondary N) is 1. The number of hydrogen-bond acceptors (Lipinski definition) is 3. The average Bonchev–Trinajstić information content (AvgIpc) is 2.55. The third kappa shape index (κ3) is 4.54. The second-order valence-corrected chi connectivity index (χ2v) is 6.75. The summed E-state index contributed by atoms with van der Waals surface area (Å²) in [4.78, 5) is 25.5. The smallest absolute Gasteiger partial charge is 0.242 e. The van der Waals surface area contributed by atoms with Crippen LogP contribution in [0.3, 0.4) is 0 Å². The Balaban J connectivity index is 1.93. The summed E-state index contributed by atoms with van der Waals surface area (Å²) in [7, 11) is 3.52. The van der Waals surface area contributed by atoms with Crippen LogP contribution < -0.4 is 11.1 Å². The Morgan fingerprint density at radius 1 is 1.25 bits per heavy atom. The van der Waals surface area contributed by atoms with Crippen LogP contribution in [0.4, 0.5) is 4.39 Å². The van der Waals surface area contributed by atoms with Gasteiger partial charge in [-0.25, -0.2) is 4.39 Å². The molecule has 24 heavy (non-hydrogen) atoms. The molecule has 2 rings (SSSR count). The van der Waals surface area contributed by atoms with Gasteiger partial charge in [0.05, 0.1) is 0 Å². The number of halogens is 1. The van der Waals surface area contributed by atoms with Crippen LogP contribution in [0, 0.1) is 17.7 Å². The summed E-state index contributed by atoms with van der Waals surface area (Å²) < 4.78 is 14.0. The highest BCUT2D eigenvalue weighted by atomic mass is 19.1. The van der Waals surface area contributed by atoms with Crippen LogP contribution in [0.15, 0.2) is 24.3 Å². The number of benzene rings is 1. The number of rotatable bonds is 6. The van der Waals surface area contributed by atoms with Crippen molar-refractivity contribution in [3.05, 3.63) is 35.6 Å². The summed E-state index contributed by atoms with van der Waals surface area (Å²) >= 11 is 0. The summed E-state index contributed by atoms with van der Waals surface area (Å²) in [6, 6.07) is 5.68. The SMILES string of the molecule is CN(C)[C@@H](C(=O)NCC1CCC(C(N)=O)CC1)c1ccccc1F. The van der Waals surface area contributed by atoms with Crippen molar-refractivity contribution in [3.63, 3.8) is 0 Å². The van der Waals surface area contributed by atoms with E-state index in [1.165, 1.54) is 6.07 Å². The molecule has 0 radical (unpaired) electrons. The summed E-state index contributed by atoms with van der Waals surface area (Å²) in [5.41, 5.74) is 5.71. The molecule has 0 bridgehead atoms. The molecule has 1 fully saturated rings. The van der Waals surface area contributed by atoms with Crippen LogP contribution in [-0.4, -0.2) is 37.4 Å². The van der Waals surface area contributed by atoms with Gasteiger partial charge in [-0.1, -0.05) is 18.2 Å². The number of amides is 2. The molecule has 0 aliphatic heterocycles. The zero-order chi connectivity index (χ0) is 17.7. The molecule has 0 saturated heterocycles. The second-order valence-electron chi connectivity index (χ2n) is 6.75. The van der Waals surface area contributed by atoms with Crippen molar-refractivity contribution in [2.45, 2.75) is 31.7 Å². The fourth-order valence-electron chi connectivity index (χ4n) is 3.34. The van der Waals surface area contributed by atoms with Crippen LogP contribution in [0.25, 0.3) is 0 Å². The molecule has 0 aromatic heterocycles. The number of carbonyl (C=O) groups excluding carboxylic acids is 2. The van der Waals surface area contributed by atoms with Crippen LogP contribution in [0.2, 0.25) is 0 Å². The van der Waals surface area contributed by atoms with Crippen LogP contribution in [-0.2, 0) is 9.59 Å². The fourth-order valence-corrected chi connectivity index (χ4v) is 3.34. The molecule has 1 saturated carbocycles. The lowest BCUT2D eigenvalue weighted by molar-refractivity contribution is -0.126. The van der Waals surface area contributed by atoms with E-state index in [2.05, 4.69) is 5.32 Å². The lowest BCUT2D eigenvalue weighted by Gasteiger charge is -2.29. The van der Waals surface area contributed by atoms with Crippen molar-refractivity contribution in [1.29, 1.82) is 0 Å². The van der Waals surface area contributed by atoms with E-state index in [4.69, 9.17) is 5.73 Å². The van der Waals surface area contributed by atoms with Crippen molar-refractivity contribution >= 4 is 11.8 Å². The molecule has 5 nitrogen and oxygen atoms in total. The average molecular weight is 335 g/mol. The maximum atomic E-state index is 14.0. The van der Waals surface area contributed by atoms with Gasteiger partial charge in [0, 0.05) is 18.0 Å². The predicted molar refractivity (Wildman–Crippen MR) is 90.5 cm³/mol. The molecule has 132 valence electrons. The monoisotopic (exact) mass is 335 g/mol. The Hall–Kier alpha value is -1.95. The quantitative estimate of drug-likeness (QED) is 0.833. The van der Waals surface area contributed by atoms with Gasteiger partial charge in [-0.2, -0.15) is 0 Å². The molecule has 1 aromatic rings. The highest BCUT2D eigenvalue weighted by Crippen LogP contribution is 2.28. The Bertz CT molecular complexity index is 583. The van der Waals surface area contributed by atoms with Gasteiger partial charge in [-0.05, 0) is 51.8 Å². The molecule has 1 atom stereocenters. The first-order valence-electron chi connectivity index (χ1n) is 8.38. The number of hydrogen-bond donors (Lipinski definition) is 2. The zero-order valence-corrected chi connectivity index (χ0v) is 14.3. The molecule has 0 unspecified atom stereocenters. The van der Waals surface area contributed by atoms with E-state index < -0.39 is 6.04 Å². The van der Waals surface area contributed by atoms with Crippen molar-refractivity contribution in [3.8, 4) is 0 Å².